The molecule has 0 amide bonds. The number of benzene rings is 2. The normalized spacial score (nSPS) is 10.9. The number of phenolic OH excluding ortho intramolecular Hbond substituents is 1. The highest BCUT2D eigenvalue weighted by Crippen LogP contribution is 2.28. The van der Waals surface area contributed by atoms with Crippen LogP contribution in [0.4, 0.5) is 4.39 Å². The molecule has 0 radical (unpaired) electrons. The minimum absolute atomic E-state index is 0.00966. The van der Waals surface area contributed by atoms with Crippen LogP contribution in [0, 0.1) is 5.82 Å². The van der Waals surface area contributed by atoms with Crippen LogP contribution < -0.4 is 5.63 Å². The molecule has 7 heteroatoms. The maximum absolute atomic E-state index is 13.8. The Morgan fingerprint density at radius 3 is 2.73 bits per heavy atom. The van der Waals surface area contributed by atoms with Gasteiger partial charge in [-0.3, -0.25) is 0 Å². The molecule has 5 nitrogen and oxygen atoms in total. The highest BCUT2D eigenvalue weighted by Gasteiger charge is 2.18. The quantitative estimate of drug-likeness (QED) is 0.545. The molecule has 0 aliphatic heterocycles. The van der Waals surface area contributed by atoms with Crippen LogP contribution in [0.3, 0.4) is 0 Å². The summed E-state index contributed by atoms with van der Waals surface area (Å²) in [4.78, 5) is 23.9. The van der Waals surface area contributed by atoms with E-state index in [0.717, 1.165) is 6.07 Å². The van der Waals surface area contributed by atoms with Gasteiger partial charge in [0.2, 0.25) is 0 Å². The van der Waals surface area contributed by atoms with Crippen molar-refractivity contribution in [2.75, 3.05) is 0 Å². The number of esters is 1. The molecule has 1 aromatic heterocycles. The Morgan fingerprint density at radius 2 is 2.04 bits per heavy atom. The average molecular weight is 377 g/mol. The second-order valence-electron chi connectivity index (χ2n) is 5.59. The molecule has 0 aliphatic carbocycles. The molecule has 134 valence electrons. The van der Waals surface area contributed by atoms with Crippen molar-refractivity contribution >= 4 is 28.5 Å². The molecule has 0 aliphatic rings. The number of phenols is 1. The number of aryl methyl sites for hydroxylation is 1. The lowest BCUT2D eigenvalue weighted by atomic mass is 10.0. The summed E-state index contributed by atoms with van der Waals surface area (Å²) in [5.41, 5.74) is 0.175. The molecule has 0 saturated carbocycles. The average Bonchev–Trinajstić information content (AvgIpc) is 2.58. The summed E-state index contributed by atoms with van der Waals surface area (Å²) in [7, 11) is 0. The first kappa shape index (κ1) is 17.9. The molecule has 0 fully saturated rings. The number of fused-ring (bicyclic) bond motifs is 1. The third-order valence-electron chi connectivity index (χ3n) is 3.94. The summed E-state index contributed by atoms with van der Waals surface area (Å²) in [6.45, 7) is 1.58. The van der Waals surface area contributed by atoms with E-state index < -0.39 is 17.4 Å². The first-order valence-electron chi connectivity index (χ1n) is 7.80. The zero-order valence-electron chi connectivity index (χ0n) is 13.7. The number of rotatable bonds is 4. The van der Waals surface area contributed by atoms with Gasteiger partial charge in [0.1, 0.15) is 29.3 Å². The third-order valence-corrected chi connectivity index (χ3v) is 4.25. The zero-order chi connectivity index (χ0) is 18.8. The van der Waals surface area contributed by atoms with Crippen LogP contribution >= 0.6 is 11.6 Å². The highest BCUT2D eigenvalue weighted by molar-refractivity contribution is 6.33. The van der Waals surface area contributed by atoms with Gasteiger partial charge >= 0.3 is 11.6 Å². The van der Waals surface area contributed by atoms with Crippen LogP contribution in [-0.4, -0.2) is 11.1 Å². The molecule has 0 spiro atoms. The SMILES string of the molecule is CCc1cc2c(COC(=O)c3c(F)cccc3Cl)cc(=O)oc2cc1O. The van der Waals surface area contributed by atoms with E-state index in [1.807, 2.05) is 6.92 Å². The van der Waals surface area contributed by atoms with E-state index >= 15 is 0 Å². The Hall–Kier alpha value is -2.86. The Balaban J connectivity index is 1.96. The van der Waals surface area contributed by atoms with Gasteiger partial charge in [-0.1, -0.05) is 24.6 Å². The van der Waals surface area contributed by atoms with Gasteiger partial charge in [0.25, 0.3) is 0 Å². The number of halogens is 2. The highest BCUT2D eigenvalue weighted by atomic mass is 35.5. The summed E-state index contributed by atoms with van der Waals surface area (Å²) in [5, 5.41) is 10.4. The predicted molar refractivity (Wildman–Crippen MR) is 94.1 cm³/mol. The van der Waals surface area contributed by atoms with Crippen molar-refractivity contribution in [3.8, 4) is 5.75 Å². The number of hydrogen-bond donors (Lipinski definition) is 1. The molecule has 1 heterocycles. The summed E-state index contributed by atoms with van der Waals surface area (Å²) in [5.74, 6) is -1.72. The molecular weight excluding hydrogens is 363 g/mol. The minimum Gasteiger partial charge on any atom is -0.508 e. The van der Waals surface area contributed by atoms with Gasteiger partial charge in [-0.15, -0.1) is 0 Å². The lowest BCUT2D eigenvalue weighted by Gasteiger charge is -2.10. The fourth-order valence-electron chi connectivity index (χ4n) is 2.62. The Bertz CT molecular complexity index is 1040. The monoisotopic (exact) mass is 376 g/mol. The van der Waals surface area contributed by atoms with Gasteiger partial charge < -0.3 is 14.3 Å². The van der Waals surface area contributed by atoms with E-state index in [0.29, 0.717) is 22.9 Å². The van der Waals surface area contributed by atoms with Gasteiger partial charge in [-0.05, 0) is 30.2 Å². The summed E-state index contributed by atoms with van der Waals surface area (Å²) in [6, 6.07) is 8.05. The fourth-order valence-corrected chi connectivity index (χ4v) is 2.86. The molecule has 1 N–H and O–H groups in total. The molecular formula is C19H14ClFO5. The van der Waals surface area contributed by atoms with Crippen LogP contribution in [0.1, 0.15) is 28.4 Å². The van der Waals surface area contributed by atoms with E-state index in [-0.39, 0.29) is 28.5 Å². The van der Waals surface area contributed by atoms with Crippen molar-refractivity contribution in [3.63, 3.8) is 0 Å². The first-order chi connectivity index (χ1) is 12.4. The van der Waals surface area contributed by atoms with Gasteiger partial charge in [-0.25, -0.2) is 14.0 Å². The maximum atomic E-state index is 13.8. The second-order valence-corrected chi connectivity index (χ2v) is 6.00. The van der Waals surface area contributed by atoms with Crippen molar-refractivity contribution in [2.24, 2.45) is 0 Å². The van der Waals surface area contributed by atoms with E-state index in [1.54, 1.807) is 6.07 Å². The van der Waals surface area contributed by atoms with Crippen molar-refractivity contribution in [2.45, 2.75) is 20.0 Å². The Kier molecular flexibility index (Phi) is 4.95. The molecule has 0 saturated heterocycles. The van der Waals surface area contributed by atoms with Crippen LogP contribution in [0.15, 0.2) is 45.6 Å². The number of aromatic hydroxyl groups is 1. The smallest absolute Gasteiger partial charge is 0.342 e. The molecule has 0 atom stereocenters. The lowest BCUT2D eigenvalue weighted by molar-refractivity contribution is 0.0468. The standard InChI is InChI=1S/C19H14ClFO5/c1-2-10-6-12-11(7-17(23)26-16(12)8-15(10)22)9-25-19(24)18-13(20)4-3-5-14(18)21/h3-8,22H,2,9H2,1H3. The molecule has 3 aromatic rings. The van der Waals surface area contributed by atoms with Crippen LogP contribution in [0.2, 0.25) is 5.02 Å². The lowest BCUT2D eigenvalue weighted by Crippen LogP contribution is -2.10. The van der Waals surface area contributed by atoms with E-state index in [9.17, 15) is 19.1 Å². The minimum atomic E-state index is -0.941. The van der Waals surface area contributed by atoms with E-state index in [1.165, 1.54) is 24.3 Å². The second kappa shape index (κ2) is 7.17. The third kappa shape index (κ3) is 3.41. The number of carbonyl (C=O) groups is 1. The summed E-state index contributed by atoms with van der Waals surface area (Å²) >= 11 is 5.85. The molecule has 3 rings (SSSR count). The van der Waals surface area contributed by atoms with Crippen molar-refractivity contribution < 1.29 is 23.4 Å². The number of carbonyl (C=O) groups excluding carboxylic acids is 1. The predicted octanol–water partition coefficient (Wildman–Crippen LogP) is 4.21. The number of hydrogen-bond acceptors (Lipinski definition) is 5. The van der Waals surface area contributed by atoms with Crippen LogP contribution in [0.25, 0.3) is 11.0 Å². The molecule has 0 unspecified atom stereocenters. The molecule has 26 heavy (non-hydrogen) atoms. The first-order valence-corrected chi connectivity index (χ1v) is 8.18. The Labute approximate surface area is 152 Å². The molecule has 2 aromatic carbocycles. The molecule has 0 bridgehead atoms. The largest absolute Gasteiger partial charge is 0.508 e. The summed E-state index contributed by atoms with van der Waals surface area (Å²) in [6.07, 6.45) is 0.560. The van der Waals surface area contributed by atoms with Crippen molar-refractivity contribution in [1.29, 1.82) is 0 Å². The zero-order valence-corrected chi connectivity index (χ0v) is 14.5. The van der Waals surface area contributed by atoms with Gasteiger partial charge in [0, 0.05) is 23.1 Å². The van der Waals surface area contributed by atoms with Gasteiger partial charge in [0.15, 0.2) is 0 Å². The van der Waals surface area contributed by atoms with Crippen LogP contribution in [0.5, 0.6) is 5.75 Å². The summed E-state index contributed by atoms with van der Waals surface area (Å²) < 4.78 is 24.0. The van der Waals surface area contributed by atoms with E-state index in [4.69, 9.17) is 20.8 Å². The van der Waals surface area contributed by atoms with Crippen LogP contribution in [-0.2, 0) is 17.8 Å². The van der Waals surface area contributed by atoms with E-state index in [2.05, 4.69) is 0 Å². The van der Waals surface area contributed by atoms with Gasteiger partial charge in [0.05, 0.1) is 5.02 Å². The topological polar surface area (TPSA) is 76.7 Å². The maximum Gasteiger partial charge on any atom is 0.342 e. The van der Waals surface area contributed by atoms with Crippen molar-refractivity contribution in [1.82, 2.24) is 0 Å². The Morgan fingerprint density at radius 1 is 1.27 bits per heavy atom. The van der Waals surface area contributed by atoms with Gasteiger partial charge in [-0.2, -0.15) is 0 Å². The number of ether oxygens (including phenoxy) is 1. The fraction of sp³-hybridized carbons (Fsp3) is 0.158. The van der Waals surface area contributed by atoms with Crippen molar-refractivity contribution in [3.05, 3.63) is 74.3 Å².